The molecule has 0 amide bonds. The highest BCUT2D eigenvalue weighted by molar-refractivity contribution is 5.45. The molecule has 0 saturated heterocycles. The molecule has 0 unspecified atom stereocenters. The van der Waals surface area contributed by atoms with Gasteiger partial charge < -0.3 is 5.32 Å². The standard InChI is InChI=1S/C10H9F3N2/c11-7-5-8(12)10(13)9(6-7)15-4-2-1-3-14/h5-6,15H,1-2,4H2. The van der Waals surface area contributed by atoms with Gasteiger partial charge in [0.1, 0.15) is 5.82 Å². The zero-order valence-corrected chi connectivity index (χ0v) is 7.86. The molecule has 1 aromatic rings. The Balaban J connectivity index is 2.65. The number of rotatable bonds is 4. The molecule has 0 radical (unpaired) electrons. The summed E-state index contributed by atoms with van der Waals surface area (Å²) in [5.41, 5.74) is -0.217. The molecule has 0 spiro atoms. The van der Waals surface area contributed by atoms with Crippen molar-refractivity contribution < 1.29 is 13.2 Å². The lowest BCUT2D eigenvalue weighted by Crippen LogP contribution is -2.05. The molecule has 80 valence electrons. The van der Waals surface area contributed by atoms with Crippen LogP contribution in [0.1, 0.15) is 12.8 Å². The van der Waals surface area contributed by atoms with E-state index in [1.54, 1.807) is 0 Å². The summed E-state index contributed by atoms with van der Waals surface area (Å²) in [6.45, 7) is 0.299. The fourth-order valence-corrected chi connectivity index (χ4v) is 1.08. The molecule has 15 heavy (non-hydrogen) atoms. The molecular formula is C10H9F3N2. The van der Waals surface area contributed by atoms with Gasteiger partial charge in [-0.05, 0) is 6.42 Å². The quantitative estimate of drug-likeness (QED) is 0.618. The van der Waals surface area contributed by atoms with Crippen LogP contribution in [-0.2, 0) is 0 Å². The minimum absolute atomic E-state index is 0.217. The average Bonchev–Trinajstić information content (AvgIpc) is 2.19. The highest BCUT2D eigenvalue weighted by atomic mass is 19.2. The molecule has 1 N–H and O–H groups in total. The number of nitrogens with one attached hydrogen (secondary N) is 1. The predicted octanol–water partition coefficient (Wildman–Crippen LogP) is 2.82. The zero-order chi connectivity index (χ0) is 11.3. The van der Waals surface area contributed by atoms with Gasteiger partial charge in [-0.3, -0.25) is 0 Å². The van der Waals surface area contributed by atoms with Gasteiger partial charge in [-0.1, -0.05) is 0 Å². The minimum atomic E-state index is -1.22. The van der Waals surface area contributed by atoms with E-state index in [4.69, 9.17) is 5.26 Å². The summed E-state index contributed by atoms with van der Waals surface area (Å²) in [5.74, 6) is -3.16. The van der Waals surface area contributed by atoms with Crippen LogP contribution in [0.3, 0.4) is 0 Å². The summed E-state index contributed by atoms with van der Waals surface area (Å²) in [7, 11) is 0. The van der Waals surface area contributed by atoms with E-state index >= 15 is 0 Å². The van der Waals surface area contributed by atoms with Crippen molar-refractivity contribution in [2.45, 2.75) is 12.8 Å². The van der Waals surface area contributed by atoms with Crippen LogP contribution in [0, 0.1) is 28.8 Å². The minimum Gasteiger partial charge on any atom is -0.382 e. The highest BCUT2D eigenvalue weighted by Crippen LogP contribution is 2.18. The van der Waals surface area contributed by atoms with E-state index in [0.29, 0.717) is 25.5 Å². The van der Waals surface area contributed by atoms with Crippen LogP contribution in [-0.4, -0.2) is 6.54 Å². The smallest absolute Gasteiger partial charge is 0.182 e. The molecule has 0 saturated carbocycles. The van der Waals surface area contributed by atoms with Crippen molar-refractivity contribution in [3.8, 4) is 6.07 Å². The molecule has 0 fully saturated rings. The Hall–Kier alpha value is -1.70. The first-order valence-electron chi connectivity index (χ1n) is 4.40. The van der Waals surface area contributed by atoms with E-state index in [1.165, 1.54) is 0 Å². The van der Waals surface area contributed by atoms with Crippen LogP contribution < -0.4 is 5.32 Å². The Morgan fingerprint density at radius 1 is 1.27 bits per heavy atom. The lowest BCUT2D eigenvalue weighted by atomic mass is 10.2. The normalized spacial score (nSPS) is 9.73. The van der Waals surface area contributed by atoms with E-state index < -0.39 is 17.5 Å². The number of hydrogen-bond donors (Lipinski definition) is 1. The lowest BCUT2D eigenvalue weighted by Gasteiger charge is -2.06. The number of unbranched alkanes of at least 4 members (excludes halogenated alkanes) is 1. The first-order chi connectivity index (χ1) is 7.15. The van der Waals surface area contributed by atoms with Crippen LogP contribution in [0.5, 0.6) is 0 Å². The zero-order valence-electron chi connectivity index (χ0n) is 7.86. The van der Waals surface area contributed by atoms with Gasteiger partial charge in [-0.15, -0.1) is 0 Å². The Labute approximate surface area is 85.3 Å². The topological polar surface area (TPSA) is 35.8 Å². The SMILES string of the molecule is N#CCCCNc1cc(F)cc(F)c1F. The summed E-state index contributed by atoms with van der Waals surface area (Å²) >= 11 is 0. The maximum Gasteiger partial charge on any atom is 0.182 e. The van der Waals surface area contributed by atoms with Crippen LogP contribution in [0.25, 0.3) is 0 Å². The molecule has 0 heterocycles. The lowest BCUT2D eigenvalue weighted by molar-refractivity contribution is 0.497. The fourth-order valence-electron chi connectivity index (χ4n) is 1.08. The highest BCUT2D eigenvalue weighted by Gasteiger charge is 2.09. The van der Waals surface area contributed by atoms with Crippen LogP contribution in [0.4, 0.5) is 18.9 Å². The molecule has 2 nitrogen and oxygen atoms in total. The molecule has 1 aromatic carbocycles. The van der Waals surface area contributed by atoms with E-state index in [1.807, 2.05) is 6.07 Å². The van der Waals surface area contributed by atoms with Crippen LogP contribution >= 0.6 is 0 Å². The molecule has 0 aliphatic rings. The number of halogens is 3. The second-order valence-corrected chi connectivity index (χ2v) is 2.94. The van der Waals surface area contributed by atoms with Gasteiger partial charge in [-0.2, -0.15) is 5.26 Å². The number of nitrogens with zero attached hydrogens (tertiary/aromatic N) is 1. The second kappa shape index (κ2) is 5.25. The van der Waals surface area contributed by atoms with Gasteiger partial charge >= 0.3 is 0 Å². The first-order valence-corrected chi connectivity index (χ1v) is 4.40. The van der Waals surface area contributed by atoms with Crippen molar-refractivity contribution in [2.75, 3.05) is 11.9 Å². The third kappa shape index (κ3) is 3.17. The van der Waals surface area contributed by atoms with E-state index in [2.05, 4.69) is 5.32 Å². The number of anilines is 1. The number of nitriles is 1. The maximum atomic E-state index is 13.0. The monoisotopic (exact) mass is 214 g/mol. The maximum absolute atomic E-state index is 13.0. The first kappa shape index (κ1) is 11.4. The second-order valence-electron chi connectivity index (χ2n) is 2.94. The third-order valence-electron chi connectivity index (χ3n) is 1.77. The van der Waals surface area contributed by atoms with Gasteiger partial charge in [0.05, 0.1) is 11.8 Å². The molecule has 1 rings (SSSR count). The van der Waals surface area contributed by atoms with Crippen molar-refractivity contribution in [3.63, 3.8) is 0 Å². The number of benzene rings is 1. The molecule has 0 bridgehead atoms. The van der Waals surface area contributed by atoms with Crippen molar-refractivity contribution in [2.24, 2.45) is 0 Å². The number of hydrogen-bond acceptors (Lipinski definition) is 2. The van der Waals surface area contributed by atoms with Gasteiger partial charge in [0.25, 0.3) is 0 Å². The van der Waals surface area contributed by atoms with E-state index in [-0.39, 0.29) is 5.69 Å². The van der Waals surface area contributed by atoms with Crippen LogP contribution in [0.15, 0.2) is 12.1 Å². The Kier molecular flexibility index (Phi) is 3.98. The third-order valence-corrected chi connectivity index (χ3v) is 1.77. The van der Waals surface area contributed by atoms with Crippen LogP contribution in [0.2, 0.25) is 0 Å². The summed E-state index contributed by atoms with van der Waals surface area (Å²) < 4.78 is 38.4. The van der Waals surface area contributed by atoms with E-state index in [0.717, 1.165) is 6.07 Å². The molecule has 0 atom stereocenters. The Morgan fingerprint density at radius 3 is 2.67 bits per heavy atom. The van der Waals surface area contributed by atoms with Crippen molar-refractivity contribution >= 4 is 5.69 Å². The van der Waals surface area contributed by atoms with Gasteiger partial charge in [-0.25, -0.2) is 13.2 Å². The van der Waals surface area contributed by atoms with Gasteiger partial charge in [0, 0.05) is 25.1 Å². The summed E-state index contributed by atoms with van der Waals surface area (Å²) in [5, 5.41) is 10.8. The molecule has 0 aliphatic heterocycles. The van der Waals surface area contributed by atoms with E-state index in [9.17, 15) is 13.2 Å². The molecular weight excluding hydrogens is 205 g/mol. The largest absolute Gasteiger partial charge is 0.382 e. The fraction of sp³-hybridized carbons (Fsp3) is 0.300. The summed E-state index contributed by atoms with van der Waals surface area (Å²) in [6, 6.07) is 3.27. The molecule has 0 aromatic heterocycles. The van der Waals surface area contributed by atoms with Gasteiger partial charge in [0.15, 0.2) is 11.6 Å². The average molecular weight is 214 g/mol. The molecule has 5 heteroatoms. The summed E-state index contributed by atoms with van der Waals surface area (Å²) in [6.07, 6.45) is 0.806. The van der Waals surface area contributed by atoms with Crippen molar-refractivity contribution in [1.82, 2.24) is 0 Å². The van der Waals surface area contributed by atoms with Crippen molar-refractivity contribution in [3.05, 3.63) is 29.6 Å². The molecule has 0 aliphatic carbocycles. The predicted molar refractivity (Wildman–Crippen MR) is 49.7 cm³/mol. The Bertz CT molecular complexity index is 385. The Morgan fingerprint density at radius 2 is 2.00 bits per heavy atom. The van der Waals surface area contributed by atoms with Crippen molar-refractivity contribution in [1.29, 1.82) is 5.26 Å². The van der Waals surface area contributed by atoms with Gasteiger partial charge in [0.2, 0.25) is 0 Å². The summed E-state index contributed by atoms with van der Waals surface area (Å²) in [4.78, 5) is 0.